The van der Waals surface area contributed by atoms with Gasteiger partial charge in [0.1, 0.15) is 11.5 Å². The SMILES string of the molecule is CCOCCC1(CNC(=NCc2ccc(OC)cc2)NCCc2ccco2)CCCC1. The van der Waals surface area contributed by atoms with Crippen LogP contribution in [0.2, 0.25) is 0 Å². The van der Waals surface area contributed by atoms with Crippen LogP contribution in [0.1, 0.15) is 50.4 Å². The summed E-state index contributed by atoms with van der Waals surface area (Å²) in [6.45, 7) is 6.00. The van der Waals surface area contributed by atoms with E-state index in [1.165, 1.54) is 25.7 Å². The molecule has 170 valence electrons. The zero-order valence-corrected chi connectivity index (χ0v) is 19.0. The van der Waals surface area contributed by atoms with Crippen LogP contribution >= 0.6 is 0 Å². The van der Waals surface area contributed by atoms with Gasteiger partial charge in [0.15, 0.2) is 5.96 Å². The second kappa shape index (κ2) is 12.4. The van der Waals surface area contributed by atoms with Crippen molar-refractivity contribution in [2.24, 2.45) is 10.4 Å². The van der Waals surface area contributed by atoms with Crippen LogP contribution in [-0.4, -0.2) is 39.4 Å². The zero-order chi connectivity index (χ0) is 21.8. The van der Waals surface area contributed by atoms with E-state index in [2.05, 4.69) is 29.7 Å². The predicted molar refractivity (Wildman–Crippen MR) is 125 cm³/mol. The molecule has 0 unspecified atom stereocenters. The van der Waals surface area contributed by atoms with Gasteiger partial charge in [-0.3, -0.25) is 0 Å². The normalized spacial score (nSPS) is 15.7. The fourth-order valence-electron chi connectivity index (χ4n) is 4.18. The molecule has 0 bridgehead atoms. The van der Waals surface area contributed by atoms with Crippen LogP contribution in [0.3, 0.4) is 0 Å². The summed E-state index contributed by atoms with van der Waals surface area (Å²) >= 11 is 0. The van der Waals surface area contributed by atoms with Gasteiger partial charge in [-0.25, -0.2) is 4.99 Å². The van der Waals surface area contributed by atoms with Crippen molar-refractivity contribution in [1.82, 2.24) is 10.6 Å². The van der Waals surface area contributed by atoms with Crippen LogP contribution in [0.4, 0.5) is 0 Å². The minimum absolute atomic E-state index is 0.304. The van der Waals surface area contributed by atoms with Crippen LogP contribution in [0.25, 0.3) is 0 Å². The van der Waals surface area contributed by atoms with Gasteiger partial charge in [0.2, 0.25) is 0 Å². The van der Waals surface area contributed by atoms with Gasteiger partial charge in [-0.15, -0.1) is 0 Å². The summed E-state index contributed by atoms with van der Waals surface area (Å²) in [5.74, 6) is 2.69. The average Bonchev–Trinajstić information content (AvgIpc) is 3.49. The summed E-state index contributed by atoms with van der Waals surface area (Å²) in [5.41, 5.74) is 1.46. The number of guanidine groups is 1. The van der Waals surface area contributed by atoms with Gasteiger partial charge in [0.05, 0.1) is 19.9 Å². The van der Waals surface area contributed by atoms with Gasteiger partial charge in [0.25, 0.3) is 0 Å². The van der Waals surface area contributed by atoms with Crippen molar-refractivity contribution in [3.05, 3.63) is 54.0 Å². The van der Waals surface area contributed by atoms with Crippen LogP contribution in [0.15, 0.2) is 52.1 Å². The molecule has 0 aliphatic heterocycles. The highest BCUT2D eigenvalue weighted by Crippen LogP contribution is 2.40. The molecular weight excluding hydrogens is 390 g/mol. The first-order chi connectivity index (χ1) is 15.2. The first-order valence-corrected chi connectivity index (χ1v) is 11.5. The Balaban J connectivity index is 1.60. The zero-order valence-electron chi connectivity index (χ0n) is 19.0. The van der Waals surface area contributed by atoms with E-state index >= 15 is 0 Å². The van der Waals surface area contributed by atoms with Crippen LogP contribution < -0.4 is 15.4 Å². The lowest BCUT2D eigenvalue weighted by molar-refractivity contribution is 0.105. The van der Waals surface area contributed by atoms with Gasteiger partial charge in [-0.1, -0.05) is 25.0 Å². The van der Waals surface area contributed by atoms with Gasteiger partial charge in [0, 0.05) is 32.7 Å². The largest absolute Gasteiger partial charge is 0.497 e. The van der Waals surface area contributed by atoms with Crippen molar-refractivity contribution < 1.29 is 13.9 Å². The topological polar surface area (TPSA) is 68.0 Å². The standard InChI is InChI=1S/C25H37N3O3/c1-3-30-18-15-25(13-4-5-14-25)20-28-24(26-16-12-23-7-6-17-31-23)27-19-21-8-10-22(29-2)11-9-21/h6-11,17H,3-5,12-16,18-20H2,1-2H3,(H2,26,27,28). The molecule has 3 rings (SSSR count). The van der Waals surface area contributed by atoms with Gasteiger partial charge < -0.3 is 24.5 Å². The molecule has 6 nitrogen and oxygen atoms in total. The third kappa shape index (κ3) is 7.62. The third-order valence-electron chi connectivity index (χ3n) is 6.10. The quantitative estimate of drug-likeness (QED) is 0.295. The lowest BCUT2D eigenvalue weighted by Gasteiger charge is -2.30. The molecule has 0 amide bonds. The highest BCUT2D eigenvalue weighted by atomic mass is 16.5. The van der Waals surface area contributed by atoms with E-state index in [9.17, 15) is 0 Å². The van der Waals surface area contributed by atoms with E-state index in [1.54, 1.807) is 13.4 Å². The lowest BCUT2D eigenvalue weighted by Crippen LogP contribution is -2.44. The Hall–Kier alpha value is -2.47. The molecular formula is C25H37N3O3. The third-order valence-corrected chi connectivity index (χ3v) is 6.10. The molecule has 0 radical (unpaired) electrons. The monoisotopic (exact) mass is 427 g/mol. The molecule has 31 heavy (non-hydrogen) atoms. The van der Waals surface area contributed by atoms with Crippen molar-refractivity contribution in [3.8, 4) is 5.75 Å². The van der Waals surface area contributed by atoms with Crippen molar-refractivity contribution >= 4 is 5.96 Å². The minimum atomic E-state index is 0.304. The molecule has 0 saturated heterocycles. The van der Waals surface area contributed by atoms with Crippen molar-refractivity contribution in [2.75, 3.05) is 33.4 Å². The highest BCUT2D eigenvalue weighted by molar-refractivity contribution is 5.79. The van der Waals surface area contributed by atoms with Gasteiger partial charge in [-0.05, 0) is 61.4 Å². The summed E-state index contributed by atoms with van der Waals surface area (Å²) < 4.78 is 16.4. The van der Waals surface area contributed by atoms with E-state index in [0.717, 1.165) is 62.2 Å². The van der Waals surface area contributed by atoms with E-state index in [4.69, 9.17) is 18.9 Å². The van der Waals surface area contributed by atoms with Gasteiger partial charge >= 0.3 is 0 Å². The number of hydrogen-bond acceptors (Lipinski definition) is 4. The maximum absolute atomic E-state index is 5.66. The number of benzene rings is 1. The fraction of sp³-hybridized carbons (Fsp3) is 0.560. The highest BCUT2D eigenvalue weighted by Gasteiger charge is 2.33. The second-order valence-corrected chi connectivity index (χ2v) is 8.28. The van der Waals surface area contributed by atoms with E-state index in [1.807, 2.05) is 24.3 Å². The molecule has 1 fully saturated rings. The van der Waals surface area contributed by atoms with E-state index < -0.39 is 0 Å². The Labute approximate surface area is 186 Å². The maximum atomic E-state index is 5.66. The molecule has 1 aromatic heterocycles. The van der Waals surface area contributed by atoms with Crippen molar-refractivity contribution in [3.63, 3.8) is 0 Å². The molecule has 1 saturated carbocycles. The van der Waals surface area contributed by atoms with Crippen LogP contribution in [0, 0.1) is 5.41 Å². The Morgan fingerprint density at radius 2 is 1.94 bits per heavy atom. The molecule has 1 aliphatic rings. The van der Waals surface area contributed by atoms with Crippen molar-refractivity contribution in [1.29, 1.82) is 0 Å². The Bertz CT molecular complexity index is 766. The van der Waals surface area contributed by atoms with Crippen LogP contribution in [-0.2, 0) is 17.7 Å². The molecule has 0 atom stereocenters. The molecule has 0 spiro atoms. The number of ether oxygens (including phenoxy) is 2. The summed E-state index contributed by atoms with van der Waals surface area (Å²) in [6, 6.07) is 12.0. The first-order valence-electron chi connectivity index (χ1n) is 11.5. The number of aliphatic imine (C=N–C) groups is 1. The Kier molecular flexibility index (Phi) is 9.28. The minimum Gasteiger partial charge on any atom is -0.497 e. The average molecular weight is 428 g/mol. The number of nitrogens with one attached hydrogen (secondary N) is 2. The van der Waals surface area contributed by atoms with Crippen molar-refractivity contribution in [2.45, 2.75) is 52.0 Å². The van der Waals surface area contributed by atoms with E-state index in [-0.39, 0.29) is 0 Å². The van der Waals surface area contributed by atoms with Crippen LogP contribution in [0.5, 0.6) is 5.75 Å². The number of furan rings is 1. The fourth-order valence-corrected chi connectivity index (χ4v) is 4.18. The lowest BCUT2D eigenvalue weighted by atomic mass is 9.83. The molecule has 6 heteroatoms. The number of rotatable bonds is 12. The van der Waals surface area contributed by atoms with E-state index in [0.29, 0.717) is 12.0 Å². The summed E-state index contributed by atoms with van der Waals surface area (Å²) in [5, 5.41) is 7.11. The van der Waals surface area contributed by atoms with Gasteiger partial charge in [-0.2, -0.15) is 0 Å². The second-order valence-electron chi connectivity index (χ2n) is 8.28. The number of hydrogen-bond donors (Lipinski definition) is 2. The Morgan fingerprint density at radius 1 is 1.13 bits per heavy atom. The molecule has 2 N–H and O–H groups in total. The Morgan fingerprint density at radius 3 is 2.61 bits per heavy atom. The summed E-state index contributed by atoms with van der Waals surface area (Å²) in [7, 11) is 1.68. The predicted octanol–water partition coefficient (Wildman–Crippen LogP) is 4.55. The number of nitrogens with zero attached hydrogens (tertiary/aromatic N) is 1. The molecule has 1 heterocycles. The molecule has 1 aromatic carbocycles. The maximum Gasteiger partial charge on any atom is 0.191 e. The molecule has 1 aliphatic carbocycles. The smallest absolute Gasteiger partial charge is 0.191 e. The first kappa shape index (κ1) is 23.2. The summed E-state index contributed by atoms with van der Waals surface area (Å²) in [6.07, 6.45) is 8.76. The summed E-state index contributed by atoms with van der Waals surface area (Å²) in [4.78, 5) is 4.85. The number of methoxy groups -OCH3 is 1. The molecule has 2 aromatic rings.